The second kappa shape index (κ2) is 10.1. The van der Waals surface area contributed by atoms with Crippen molar-refractivity contribution in [1.82, 2.24) is 0 Å². The molecule has 5 rings (SSSR count). The molecule has 2 aromatic heterocycles. The van der Waals surface area contributed by atoms with Crippen molar-refractivity contribution in [3.63, 3.8) is 0 Å². The fraction of sp³-hybridized carbons (Fsp3) is 0.310. The third kappa shape index (κ3) is 4.58. The molecule has 0 radical (unpaired) electrons. The number of aryl methyl sites for hydroxylation is 1. The second-order valence-electron chi connectivity index (χ2n) is 9.00. The first kappa shape index (κ1) is 24.0. The Bertz CT molecular complexity index is 1500. The van der Waals surface area contributed by atoms with E-state index in [0.717, 1.165) is 40.8 Å². The number of benzene rings is 2. The maximum atomic E-state index is 14.8. The Kier molecular flexibility index (Phi) is 6.74. The van der Waals surface area contributed by atoms with Gasteiger partial charge in [0.05, 0.1) is 24.5 Å². The summed E-state index contributed by atoms with van der Waals surface area (Å²) in [4.78, 5) is 17.0. The number of rotatable bonds is 6. The van der Waals surface area contributed by atoms with Crippen molar-refractivity contribution in [2.45, 2.75) is 13.8 Å². The lowest BCUT2D eigenvalue weighted by Gasteiger charge is -2.29. The lowest BCUT2D eigenvalue weighted by atomic mass is 10.1. The second-order valence-corrected chi connectivity index (χ2v) is 9.00. The van der Waals surface area contributed by atoms with E-state index in [1.165, 1.54) is 0 Å². The topological polar surface area (TPSA) is 49.8 Å². The van der Waals surface area contributed by atoms with Gasteiger partial charge in [-0.15, -0.1) is 0 Å². The third-order valence-electron chi connectivity index (χ3n) is 6.94. The van der Waals surface area contributed by atoms with Gasteiger partial charge in [-0.2, -0.15) is 4.57 Å². The van der Waals surface area contributed by atoms with Crippen LogP contribution >= 0.6 is 0 Å². The number of hydrogen-bond donors (Lipinski definition) is 0. The molecule has 0 saturated carbocycles. The lowest BCUT2D eigenvalue weighted by molar-refractivity contribution is -0.646. The summed E-state index contributed by atoms with van der Waals surface area (Å²) in [7, 11) is 1.95. The first-order chi connectivity index (χ1) is 17.5. The van der Waals surface area contributed by atoms with Crippen molar-refractivity contribution in [2.75, 3.05) is 49.2 Å². The lowest BCUT2D eigenvalue weighted by Crippen LogP contribution is -2.37. The summed E-state index contributed by atoms with van der Waals surface area (Å²) in [5, 5.41) is 1.69. The molecule has 4 aromatic rings. The molecule has 0 N–H and O–H groups in total. The molecule has 0 atom stereocenters. The van der Waals surface area contributed by atoms with E-state index in [0.29, 0.717) is 43.1 Å². The van der Waals surface area contributed by atoms with Crippen LogP contribution in [0.1, 0.15) is 25.1 Å². The van der Waals surface area contributed by atoms with Crippen LogP contribution < -0.4 is 20.0 Å². The Balaban J connectivity index is 1.48. The normalized spacial score (nSPS) is 14.3. The molecule has 1 saturated heterocycles. The highest BCUT2D eigenvalue weighted by atomic mass is 19.1. The van der Waals surface area contributed by atoms with Crippen LogP contribution in [-0.2, 0) is 11.8 Å². The minimum atomic E-state index is -0.379. The van der Waals surface area contributed by atoms with E-state index in [1.807, 2.05) is 59.0 Å². The van der Waals surface area contributed by atoms with Gasteiger partial charge in [0.2, 0.25) is 11.2 Å². The van der Waals surface area contributed by atoms with Gasteiger partial charge in [-0.05, 0) is 50.3 Å². The summed E-state index contributed by atoms with van der Waals surface area (Å²) < 4.78 is 27.9. The smallest absolute Gasteiger partial charge is 0.343 e. The van der Waals surface area contributed by atoms with Gasteiger partial charge in [-0.25, -0.2) is 9.18 Å². The molecule has 1 aliphatic heterocycles. The van der Waals surface area contributed by atoms with Crippen molar-refractivity contribution in [2.24, 2.45) is 7.05 Å². The Hall–Kier alpha value is -3.71. The highest BCUT2D eigenvalue weighted by Gasteiger charge is 2.20. The van der Waals surface area contributed by atoms with E-state index < -0.39 is 0 Å². The SMILES string of the molecule is CCN(CC)c1ccc2cc(/C=C/c3ccc4cc(F)c(N5CCOCC5)cc4[n+]3C)c(=O)oc2c1. The van der Waals surface area contributed by atoms with E-state index in [4.69, 9.17) is 9.15 Å². The van der Waals surface area contributed by atoms with Gasteiger partial charge in [0.1, 0.15) is 18.4 Å². The minimum Gasteiger partial charge on any atom is -0.422 e. The summed E-state index contributed by atoms with van der Waals surface area (Å²) in [6, 6.07) is 15.1. The Morgan fingerprint density at radius 3 is 2.50 bits per heavy atom. The average Bonchev–Trinajstić information content (AvgIpc) is 2.89. The van der Waals surface area contributed by atoms with Gasteiger partial charge >= 0.3 is 5.63 Å². The first-order valence-electron chi connectivity index (χ1n) is 12.4. The van der Waals surface area contributed by atoms with Crippen LogP contribution in [0.3, 0.4) is 0 Å². The first-order valence-corrected chi connectivity index (χ1v) is 12.4. The molecule has 0 bridgehead atoms. The average molecular weight is 489 g/mol. The molecule has 3 heterocycles. The van der Waals surface area contributed by atoms with Crippen LogP contribution in [0.5, 0.6) is 0 Å². The van der Waals surface area contributed by atoms with Crippen molar-refractivity contribution < 1.29 is 18.1 Å². The monoisotopic (exact) mass is 488 g/mol. The van der Waals surface area contributed by atoms with Crippen molar-refractivity contribution in [3.05, 3.63) is 76.0 Å². The maximum Gasteiger partial charge on any atom is 0.343 e. The van der Waals surface area contributed by atoms with Crippen molar-refractivity contribution in [3.8, 4) is 0 Å². The van der Waals surface area contributed by atoms with E-state index >= 15 is 0 Å². The van der Waals surface area contributed by atoms with Crippen molar-refractivity contribution in [1.29, 1.82) is 0 Å². The summed E-state index contributed by atoms with van der Waals surface area (Å²) in [5.41, 5.74) is 4.10. The van der Waals surface area contributed by atoms with Gasteiger partial charge in [0.25, 0.3) is 0 Å². The molecule has 6 nitrogen and oxygen atoms in total. The highest BCUT2D eigenvalue weighted by Crippen LogP contribution is 2.26. The fourth-order valence-electron chi connectivity index (χ4n) is 4.82. The molecule has 36 heavy (non-hydrogen) atoms. The molecule has 2 aromatic carbocycles. The van der Waals surface area contributed by atoms with Crippen molar-refractivity contribution >= 4 is 45.4 Å². The van der Waals surface area contributed by atoms with Crippen LogP contribution in [0.15, 0.2) is 57.7 Å². The van der Waals surface area contributed by atoms with Gasteiger partial charge in [-0.3, -0.25) is 0 Å². The molecule has 0 unspecified atom stereocenters. The molecule has 1 fully saturated rings. The van der Waals surface area contributed by atoms with Crippen LogP contribution in [0.4, 0.5) is 15.8 Å². The molecule has 7 heteroatoms. The predicted octanol–water partition coefficient (Wildman–Crippen LogP) is 4.76. The van der Waals surface area contributed by atoms with E-state index in [-0.39, 0.29) is 11.4 Å². The number of fused-ring (bicyclic) bond motifs is 2. The Morgan fingerprint density at radius 1 is 1.00 bits per heavy atom. The standard InChI is InChI=1S/C29H31FN3O3/c1-4-32(5-2)24-11-7-21-16-22(29(34)36-28(21)18-24)8-10-23-9-6-20-17-25(30)27(19-26(20)31(23)3)33-12-14-35-15-13-33/h6-11,16-19H,4-5,12-15H2,1-3H3/q+1. The van der Waals surface area contributed by atoms with Crippen LogP contribution in [0, 0.1) is 5.82 Å². The van der Waals surface area contributed by atoms with Gasteiger partial charge < -0.3 is 19.0 Å². The van der Waals surface area contributed by atoms with E-state index in [1.54, 1.807) is 12.1 Å². The predicted molar refractivity (Wildman–Crippen MR) is 143 cm³/mol. The number of aromatic nitrogens is 1. The number of halogens is 1. The number of anilines is 2. The molecular formula is C29H31FN3O3+. The third-order valence-corrected chi connectivity index (χ3v) is 6.94. The molecular weight excluding hydrogens is 457 g/mol. The maximum absolute atomic E-state index is 14.8. The van der Waals surface area contributed by atoms with Crippen LogP contribution in [-0.4, -0.2) is 39.4 Å². The minimum absolute atomic E-state index is 0.231. The quantitative estimate of drug-likeness (QED) is 0.289. The summed E-state index contributed by atoms with van der Waals surface area (Å²) in [5.74, 6) is -0.231. The van der Waals surface area contributed by atoms with Gasteiger partial charge in [-0.1, -0.05) is 0 Å². The van der Waals surface area contributed by atoms with Gasteiger partial charge in [0.15, 0.2) is 0 Å². The molecule has 186 valence electrons. The summed E-state index contributed by atoms with van der Waals surface area (Å²) in [6.07, 6.45) is 3.66. The largest absolute Gasteiger partial charge is 0.422 e. The molecule has 0 spiro atoms. The number of pyridine rings is 1. The van der Waals surface area contributed by atoms with E-state index in [9.17, 15) is 9.18 Å². The Labute approximate surface area is 209 Å². The molecule has 1 aliphatic rings. The van der Waals surface area contributed by atoms with Gasteiger partial charge in [0, 0.05) is 66.9 Å². The zero-order valence-corrected chi connectivity index (χ0v) is 21.0. The zero-order chi connectivity index (χ0) is 25.2. The van der Waals surface area contributed by atoms with Crippen LogP contribution in [0.25, 0.3) is 34.0 Å². The summed E-state index contributed by atoms with van der Waals surface area (Å²) in [6.45, 7) is 8.50. The Morgan fingerprint density at radius 2 is 1.75 bits per heavy atom. The number of ether oxygens (including phenoxy) is 1. The number of nitrogens with zero attached hydrogens (tertiary/aromatic N) is 3. The summed E-state index contributed by atoms with van der Waals surface area (Å²) >= 11 is 0. The molecule has 0 amide bonds. The number of hydrogen-bond acceptors (Lipinski definition) is 5. The van der Waals surface area contributed by atoms with E-state index in [2.05, 4.69) is 24.8 Å². The number of morpholine rings is 1. The zero-order valence-electron chi connectivity index (χ0n) is 21.0. The molecule has 0 aliphatic carbocycles. The van der Waals surface area contributed by atoms with Crippen LogP contribution in [0.2, 0.25) is 0 Å². The fourth-order valence-corrected chi connectivity index (χ4v) is 4.82. The highest BCUT2D eigenvalue weighted by molar-refractivity contribution is 5.84.